The molecule has 3 N–H and O–H groups in total. The van der Waals surface area contributed by atoms with Crippen LogP contribution in [0.15, 0.2) is 27.2 Å². The number of nitrogens with zero attached hydrogens (tertiary/aromatic N) is 2. The normalized spacial score (nSPS) is 12.7. The summed E-state index contributed by atoms with van der Waals surface area (Å²) in [5.74, 6) is 0.599. The second-order valence-corrected chi connectivity index (χ2v) is 4.58. The second kappa shape index (κ2) is 4.95. The van der Waals surface area contributed by atoms with Crippen LogP contribution < -0.4 is 5.73 Å². The Balaban J connectivity index is 2.37. The molecule has 2 aromatic rings. The van der Waals surface area contributed by atoms with Gasteiger partial charge < -0.3 is 15.4 Å². The minimum atomic E-state index is -0.910. The molecule has 1 aromatic heterocycles. The fourth-order valence-corrected chi connectivity index (χ4v) is 1.93. The van der Waals surface area contributed by atoms with Crippen LogP contribution in [0.1, 0.15) is 17.6 Å². The predicted octanol–water partition coefficient (Wildman–Crippen LogP) is 1.80. The first-order chi connectivity index (χ1) is 8.11. The van der Waals surface area contributed by atoms with Crippen molar-refractivity contribution in [3.63, 3.8) is 0 Å². The smallest absolute Gasteiger partial charge is 0.257 e. The summed E-state index contributed by atoms with van der Waals surface area (Å²) in [5, 5.41) is 13.3. The Labute approximate surface area is 107 Å². The molecule has 0 spiro atoms. The van der Waals surface area contributed by atoms with Gasteiger partial charge in [0.05, 0.1) is 0 Å². The first kappa shape index (κ1) is 12.2. The van der Waals surface area contributed by atoms with E-state index in [0.717, 1.165) is 15.6 Å². The number of aryl methyl sites for hydroxylation is 1. The van der Waals surface area contributed by atoms with Crippen LogP contribution in [0.5, 0.6) is 0 Å². The van der Waals surface area contributed by atoms with E-state index in [0.29, 0.717) is 5.82 Å². The maximum absolute atomic E-state index is 9.47. The third kappa shape index (κ3) is 2.54. The van der Waals surface area contributed by atoms with Crippen molar-refractivity contribution >= 4 is 15.9 Å². The van der Waals surface area contributed by atoms with E-state index in [-0.39, 0.29) is 12.4 Å². The summed E-state index contributed by atoms with van der Waals surface area (Å²) in [6.45, 7) is 2.01. The summed E-state index contributed by atoms with van der Waals surface area (Å²) in [6.07, 6.45) is -0.910. The molecule has 0 aliphatic heterocycles. The minimum Gasteiger partial charge on any atom is -0.382 e. The van der Waals surface area contributed by atoms with Crippen LogP contribution in [0.3, 0.4) is 0 Å². The number of aliphatic hydroxyl groups is 1. The van der Waals surface area contributed by atoms with Gasteiger partial charge in [-0.25, -0.2) is 0 Å². The molecule has 0 saturated carbocycles. The number of rotatable bonds is 3. The van der Waals surface area contributed by atoms with Gasteiger partial charge in [0.2, 0.25) is 5.82 Å². The number of hydrogen-bond donors (Lipinski definition) is 2. The Morgan fingerprint density at radius 1 is 1.53 bits per heavy atom. The van der Waals surface area contributed by atoms with Gasteiger partial charge in [0, 0.05) is 16.6 Å². The molecule has 0 fully saturated rings. The van der Waals surface area contributed by atoms with Crippen molar-refractivity contribution < 1.29 is 9.63 Å². The molecule has 0 aliphatic rings. The average Bonchev–Trinajstić information content (AvgIpc) is 2.77. The number of nitrogens with two attached hydrogens (primary N) is 1. The van der Waals surface area contributed by atoms with Crippen molar-refractivity contribution in [1.82, 2.24) is 10.1 Å². The maximum Gasteiger partial charge on any atom is 0.257 e. The molecule has 1 aromatic carbocycles. The Morgan fingerprint density at radius 3 is 2.94 bits per heavy atom. The number of halogens is 1. The zero-order chi connectivity index (χ0) is 12.4. The van der Waals surface area contributed by atoms with Gasteiger partial charge in [-0.05, 0) is 30.7 Å². The van der Waals surface area contributed by atoms with E-state index in [2.05, 4.69) is 26.1 Å². The Kier molecular flexibility index (Phi) is 3.56. The molecule has 1 atom stereocenters. The topological polar surface area (TPSA) is 85.2 Å². The molecule has 0 unspecified atom stereocenters. The van der Waals surface area contributed by atoms with E-state index in [1.54, 1.807) is 0 Å². The number of hydrogen-bond acceptors (Lipinski definition) is 5. The first-order valence-electron chi connectivity index (χ1n) is 5.10. The van der Waals surface area contributed by atoms with Crippen molar-refractivity contribution in [2.75, 3.05) is 6.54 Å². The Bertz CT molecular complexity index is 527. The lowest BCUT2D eigenvalue weighted by Crippen LogP contribution is -2.11. The van der Waals surface area contributed by atoms with Gasteiger partial charge >= 0.3 is 0 Å². The third-order valence-corrected chi connectivity index (χ3v) is 2.87. The summed E-state index contributed by atoms with van der Waals surface area (Å²) in [7, 11) is 0. The Morgan fingerprint density at radius 2 is 2.29 bits per heavy atom. The maximum atomic E-state index is 9.47. The summed E-state index contributed by atoms with van der Waals surface area (Å²) in [6, 6.07) is 5.76. The molecule has 5 nitrogen and oxygen atoms in total. The van der Waals surface area contributed by atoms with Gasteiger partial charge in [0.1, 0.15) is 6.10 Å². The highest BCUT2D eigenvalue weighted by Crippen LogP contribution is 2.24. The van der Waals surface area contributed by atoms with Gasteiger partial charge in [-0.3, -0.25) is 0 Å². The largest absolute Gasteiger partial charge is 0.382 e. The molecular formula is C11H12BrN3O2. The monoisotopic (exact) mass is 297 g/mol. The molecular weight excluding hydrogens is 286 g/mol. The summed E-state index contributed by atoms with van der Waals surface area (Å²) >= 11 is 3.39. The molecule has 0 saturated heterocycles. The number of aliphatic hydroxyl groups excluding tert-OH is 1. The van der Waals surface area contributed by atoms with E-state index in [1.807, 2.05) is 25.1 Å². The molecule has 0 radical (unpaired) electrons. The summed E-state index contributed by atoms with van der Waals surface area (Å²) in [4.78, 5) is 4.12. The average molecular weight is 298 g/mol. The summed E-state index contributed by atoms with van der Waals surface area (Å²) in [5.41, 5.74) is 7.21. The number of benzene rings is 1. The fourth-order valence-electron chi connectivity index (χ4n) is 1.46. The standard InChI is InChI=1S/C11H12BrN3O2/c1-6-4-7(12)2-3-8(6)10-14-11(17-15-10)9(16)5-13/h2-4,9,16H,5,13H2,1H3/t9-/m0/s1. The molecule has 90 valence electrons. The van der Waals surface area contributed by atoms with Gasteiger partial charge in [0.15, 0.2) is 0 Å². The van der Waals surface area contributed by atoms with Crippen LogP contribution in [0.4, 0.5) is 0 Å². The lowest BCUT2D eigenvalue weighted by Gasteiger charge is -2.01. The van der Waals surface area contributed by atoms with Crippen LogP contribution in [-0.4, -0.2) is 21.8 Å². The van der Waals surface area contributed by atoms with Crippen LogP contribution in [0, 0.1) is 6.92 Å². The van der Waals surface area contributed by atoms with Gasteiger partial charge in [-0.1, -0.05) is 21.1 Å². The van der Waals surface area contributed by atoms with E-state index >= 15 is 0 Å². The van der Waals surface area contributed by atoms with Crippen LogP contribution in [-0.2, 0) is 0 Å². The van der Waals surface area contributed by atoms with Crippen molar-refractivity contribution in [1.29, 1.82) is 0 Å². The first-order valence-corrected chi connectivity index (χ1v) is 5.89. The van der Waals surface area contributed by atoms with E-state index < -0.39 is 6.10 Å². The molecule has 6 heteroatoms. The molecule has 0 amide bonds. The van der Waals surface area contributed by atoms with Gasteiger partial charge in [-0.2, -0.15) is 4.98 Å². The SMILES string of the molecule is Cc1cc(Br)ccc1-c1noc([C@@H](O)CN)n1. The quantitative estimate of drug-likeness (QED) is 0.902. The lowest BCUT2D eigenvalue weighted by atomic mass is 10.1. The van der Waals surface area contributed by atoms with Gasteiger partial charge in [-0.15, -0.1) is 0 Å². The molecule has 0 bridgehead atoms. The molecule has 0 aliphatic carbocycles. The van der Waals surface area contributed by atoms with Crippen molar-refractivity contribution in [2.24, 2.45) is 5.73 Å². The van der Waals surface area contributed by atoms with Crippen LogP contribution in [0.2, 0.25) is 0 Å². The second-order valence-electron chi connectivity index (χ2n) is 3.67. The van der Waals surface area contributed by atoms with Crippen molar-refractivity contribution in [2.45, 2.75) is 13.0 Å². The zero-order valence-electron chi connectivity index (χ0n) is 9.22. The van der Waals surface area contributed by atoms with E-state index in [9.17, 15) is 5.11 Å². The highest BCUT2D eigenvalue weighted by atomic mass is 79.9. The highest BCUT2D eigenvalue weighted by Gasteiger charge is 2.16. The third-order valence-electron chi connectivity index (χ3n) is 2.38. The highest BCUT2D eigenvalue weighted by molar-refractivity contribution is 9.10. The Hall–Kier alpha value is -1.24. The van der Waals surface area contributed by atoms with Gasteiger partial charge in [0.25, 0.3) is 5.89 Å². The lowest BCUT2D eigenvalue weighted by molar-refractivity contribution is 0.141. The summed E-state index contributed by atoms with van der Waals surface area (Å²) < 4.78 is 5.94. The van der Waals surface area contributed by atoms with Crippen LogP contribution in [0.25, 0.3) is 11.4 Å². The van der Waals surface area contributed by atoms with Crippen LogP contribution >= 0.6 is 15.9 Å². The molecule has 2 rings (SSSR count). The molecule has 17 heavy (non-hydrogen) atoms. The zero-order valence-corrected chi connectivity index (χ0v) is 10.8. The van der Waals surface area contributed by atoms with Crippen molar-refractivity contribution in [3.8, 4) is 11.4 Å². The minimum absolute atomic E-state index is 0.0565. The van der Waals surface area contributed by atoms with E-state index in [1.165, 1.54) is 0 Å². The molecule has 1 heterocycles. The predicted molar refractivity (Wildman–Crippen MR) is 66.2 cm³/mol. The fraction of sp³-hybridized carbons (Fsp3) is 0.273. The van der Waals surface area contributed by atoms with E-state index in [4.69, 9.17) is 10.3 Å². The van der Waals surface area contributed by atoms with Crippen molar-refractivity contribution in [3.05, 3.63) is 34.1 Å². The number of aromatic nitrogens is 2.